The van der Waals surface area contributed by atoms with E-state index in [9.17, 15) is 4.79 Å². The van der Waals surface area contributed by atoms with Crippen LogP contribution in [0.2, 0.25) is 0 Å². The fourth-order valence-corrected chi connectivity index (χ4v) is 1.45. The Morgan fingerprint density at radius 1 is 1.42 bits per heavy atom. The molecule has 0 fully saturated rings. The number of nitrogens with zero attached hydrogens (tertiary/aromatic N) is 1. The van der Waals surface area contributed by atoms with E-state index < -0.39 is 0 Å². The second-order valence-electron chi connectivity index (χ2n) is 4.03. The molecule has 0 unspecified atom stereocenters. The van der Waals surface area contributed by atoms with Crippen LogP contribution in [-0.4, -0.2) is 44.8 Å². The summed E-state index contributed by atoms with van der Waals surface area (Å²) in [6.45, 7) is 3.86. The van der Waals surface area contributed by atoms with E-state index in [-0.39, 0.29) is 12.5 Å². The minimum atomic E-state index is -0.168. The lowest BCUT2D eigenvalue weighted by Crippen LogP contribution is -2.26. The summed E-state index contributed by atoms with van der Waals surface area (Å²) < 4.78 is 10.4. The molecule has 0 spiro atoms. The van der Waals surface area contributed by atoms with Crippen molar-refractivity contribution >= 4 is 5.91 Å². The monoisotopic (exact) mass is 267 g/mol. The molecule has 0 saturated carbocycles. The Hall–Kier alpha value is -1.66. The Labute approximate surface area is 113 Å². The van der Waals surface area contributed by atoms with Crippen molar-refractivity contribution in [1.29, 1.82) is 0 Å². The number of nitrogens with one attached hydrogen (secondary N) is 2. The summed E-state index contributed by atoms with van der Waals surface area (Å²) in [6, 6.07) is 3.69. The second-order valence-corrected chi connectivity index (χ2v) is 4.03. The Balaban J connectivity index is 2.60. The van der Waals surface area contributed by atoms with Gasteiger partial charge in [0.15, 0.2) is 6.61 Å². The van der Waals surface area contributed by atoms with Crippen LogP contribution in [0.15, 0.2) is 12.1 Å². The molecular weight excluding hydrogens is 246 g/mol. The van der Waals surface area contributed by atoms with Crippen molar-refractivity contribution in [3.8, 4) is 5.75 Å². The van der Waals surface area contributed by atoms with Gasteiger partial charge in [-0.2, -0.15) is 0 Å². The van der Waals surface area contributed by atoms with Gasteiger partial charge in [0.1, 0.15) is 5.75 Å². The molecule has 1 aromatic rings. The van der Waals surface area contributed by atoms with Gasteiger partial charge in [-0.15, -0.1) is 0 Å². The van der Waals surface area contributed by atoms with E-state index in [0.717, 1.165) is 17.9 Å². The molecule has 0 aromatic carbocycles. The van der Waals surface area contributed by atoms with Crippen LogP contribution in [0.25, 0.3) is 0 Å². The van der Waals surface area contributed by atoms with Crippen molar-refractivity contribution in [3.05, 3.63) is 23.5 Å². The molecule has 0 bridgehead atoms. The third-order valence-corrected chi connectivity index (χ3v) is 2.48. The van der Waals surface area contributed by atoms with E-state index in [1.807, 2.05) is 19.1 Å². The lowest BCUT2D eigenvalue weighted by molar-refractivity contribution is -0.122. The van der Waals surface area contributed by atoms with E-state index in [0.29, 0.717) is 18.9 Å². The molecule has 2 N–H and O–H groups in total. The van der Waals surface area contributed by atoms with Crippen LogP contribution < -0.4 is 15.4 Å². The van der Waals surface area contributed by atoms with Crippen molar-refractivity contribution in [2.24, 2.45) is 0 Å². The van der Waals surface area contributed by atoms with E-state index in [1.54, 1.807) is 14.2 Å². The molecule has 0 saturated heterocycles. The van der Waals surface area contributed by atoms with E-state index in [4.69, 9.17) is 9.47 Å². The number of carbonyl (C=O) groups excluding carboxylic acids is 1. The Kier molecular flexibility index (Phi) is 6.84. The van der Waals surface area contributed by atoms with E-state index in [1.165, 1.54) is 0 Å². The standard InChI is InChI=1S/C13H21N3O3/c1-10-4-5-12(19-9-13(17)14-2)11(16-10)8-15-6-7-18-3/h4-5,15H,6-9H2,1-3H3,(H,14,17). The molecule has 1 aromatic heterocycles. The minimum Gasteiger partial charge on any atom is -0.482 e. The Morgan fingerprint density at radius 2 is 2.21 bits per heavy atom. The normalized spacial score (nSPS) is 10.3. The van der Waals surface area contributed by atoms with Crippen molar-refractivity contribution < 1.29 is 14.3 Å². The fraction of sp³-hybridized carbons (Fsp3) is 0.538. The Morgan fingerprint density at radius 3 is 2.89 bits per heavy atom. The molecule has 1 rings (SSSR count). The number of aromatic nitrogens is 1. The first-order chi connectivity index (χ1) is 9.17. The first-order valence-corrected chi connectivity index (χ1v) is 6.17. The van der Waals surface area contributed by atoms with Crippen LogP contribution in [0.5, 0.6) is 5.75 Å². The summed E-state index contributed by atoms with van der Waals surface area (Å²) in [6.07, 6.45) is 0. The number of amides is 1. The lowest BCUT2D eigenvalue weighted by Gasteiger charge is -2.11. The fourth-order valence-electron chi connectivity index (χ4n) is 1.45. The minimum absolute atomic E-state index is 0.00763. The van der Waals surface area contributed by atoms with Gasteiger partial charge in [0.25, 0.3) is 5.91 Å². The van der Waals surface area contributed by atoms with Crippen molar-refractivity contribution in [2.45, 2.75) is 13.5 Å². The number of carbonyl (C=O) groups is 1. The molecule has 106 valence electrons. The number of likely N-dealkylation sites (N-methyl/N-ethyl adjacent to an activating group) is 1. The highest BCUT2D eigenvalue weighted by Crippen LogP contribution is 2.16. The number of hydrogen-bond acceptors (Lipinski definition) is 5. The van der Waals surface area contributed by atoms with Gasteiger partial charge in [-0.3, -0.25) is 9.78 Å². The maximum absolute atomic E-state index is 11.2. The summed E-state index contributed by atoms with van der Waals surface area (Å²) >= 11 is 0. The highest BCUT2D eigenvalue weighted by molar-refractivity contribution is 5.77. The molecule has 1 heterocycles. The molecule has 6 heteroatoms. The summed E-state index contributed by atoms with van der Waals surface area (Å²) in [5.74, 6) is 0.456. The van der Waals surface area contributed by atoms with Gasteiger partial charge in [0.05, 0.1) is 12.3 Å². The van der Waals surface area contributed by atoms with Crippen LogP contribution in [-0.2, 0) is 16.1 Å². The summed E-state index contributed by atoms with van der Waals surface area (Å²) in [4.78, 5) is 15.6. The van der Waals surface area contributed by atoms with Gasteiger partial charge >= 0.3 is 0 Å². The molecule has 0 aliphatic rings. The van der Waals surface area contributed by atoms with Gasteiger partial charge in [0.2, 0.25) is 0 Å². The average molecular weight is 267 g/mol. The molecule has 0 aliphatic heterocycles. The maximum Gasteiger partial charge on any atom is 0.257 e. The third kappa shape index (κ3) is 5.67. The number of hydrogen-bond donors (Lipinski definition) is 2. The average Bonchev–Trinajstić information content (AvgIpc) is 2.42. The number of aryl methyl sites for hydroxylation is 1. The number of ether oxygens (including phenoxy) is 2. The number of pyridine rings is 1. The zero-order valence-electron chi connectivity index (χ0n) is 11.7. The van der Waals surface area contributed by atoms with Gasteiger partial charge in [-0.25, -0.2) is 0 Å². The molecule has 1 amide bonds. The first-order valence-electron chi connectivity index (χ1n) is 6.17. The third-order valence-electron chi connectivity index (χ3n) is 2.48. The van der Waals surface area contributed by atoms with E-state index >= 15 is 0 Å². The maximum atomic E-state index is 11.2. The van der Waals surface area contributed by atoms with E-state index in [2.05, 4.69) is 15.6 Å². The van der Waals surface area contributed by atoms with Gasteiger partial charge in [0, 0.05) is 32.9 Å². The molecular formula is C13H21N3O3. The van der Waals surface area contributed by atoms with Crippen molar-refractivity contribution in [3.63, 3.8) is 0 Å². The second kappa shape index (κ2) is 8.44. The van der Waals surface area contributed by atoms with Gasteiger partial charge in [-0.05, 0) is 19.1 Å². The predicted molar refractivity (Wildman–Crippen MR) is 72.1 cm³/mol. The van der Waals surface area contributed by atoms with Crippen LogP contribution >= 0.6 is 0 Å². The van der Waals surface area contributed by atoms with Crippen LogP contribution in [0.1, 0.15) is 11.4 Å². The predicted octanol–water partition coefficient (Wildman–Crippen LogP) is 0.251. The molecule has 19 heavy (non-hydrogen) atoms. The summed E-state index contributed by atoms with van der Waals surface area (Å²) in [5.41, 5.74) is 1.70. The van der Waals surface area contributed by atoms with Crippen LogP contribution in [0.3, 0.4) is 0 Å². The van der Waals surface area contributed by atoms with Crippen LogP contribution in [0, 0.1) is 6.92 Å². The molecule has 0 aliphatic carbocycles. The Bertz CT molecular complexity index is 410. The topological polar surface area (TPSA) is 72.5 Å². The highest BCUT2D eigenvalue weighted by Gasteiger charge is 2.07. The van der Waals surface area contributed by atoms with Gasteiger partial charge < -0.3 is 20.1 Å². The molecule has 0 atom stereocenters. The zero-order valence-corrected chi connectivity index (χ0v) is 11.7. The first kappa shape index (κ1) is 15.4. The largest absolute Gasteiger partial charge is 0.482 e. The van der Waals surface area contributed by atoms with Crippen molar-refractivity contribution in [1.82, 2.24) is 15.6 Å². The zero-order chi connectivity index (χ0) is 14.1. The van der Waals surface area contributed by atoms with Crippen LogP contribution in [0.4, 0.5) is 0 Å². The SMILES string of the molecule is CNC(=O)COc1ccc(C)nc1CNCCOC. The van der Waals surface area contributed by atoms with Crippen molar-refractivity contribution in [2.75, 3.05) is 33.9 Å². The highest BCUT2D eigenvalue weighted by atomic mass is 16.5. The quantitative estimate of drug-likeness (QED) is 0.661. The smallest absolute Gasteiger partial charge is 0.257 e. The number of methoxy groups -OCH3 is 1. The molecule has 0 radical (unpaired) electrons. The molecule has 6 nitrogen and oxygen atoms in total. The summed E-state index contributed by atoms with van der Waals surface area (Å²) in [7, 11) is 3.23. The summed E-state index contributed by atoms with van der Waals surface area (Å²) in [5, 5.41) is 5.71. The lowest BCUT2D eigenvalue weighted by atomic mass is 10.3. The van der Waals surface area contributed by atoms with Gasteiger partial charge in [-0.1, -0.05) is 0 Å². The number of rotatable bonds is 8.